The molecule has 4 nitrogen and oxygen atoms in total. The number of anilines is 2. The van der Waals surface area contributed by atoms with Crippen molar-refractivity contribution in [3.8, 4) is 0 Å². The first-order valence-corrected chi connectivity index (χ1v) is 7.47. The maximum absolute atomic E-state index is 13.3. The molecule has 1 aromatic rings. The SMILES string of the molecule is FC1(F)CC(N2c3cc(C(F)(F)F)cnc3N3CCNCC32)C1. The second-order valence-electron chi connectivity index (χ2n) is 6.27. The third kappa shape index (κ3) is 2.32. The Morgan fingerprint density at radius 2 is 2.00 bits per heavy atom. The number of halogens is 5. The monoisotopic (exact) mass is 334 g/mol. The van der Waals surface area contributed by atoms with Crippen molar-refractivity contribution in [1.82, 2.24) is 10.3 Å². The normalized spacial score (nSPS) is 26.7. The molecule has 3 heterocycles. The molecule has 1 unspecified atom stereocenters. The van der Waals surface area contributed by atoms with Crippen LogP contribution in [-0.4, -0.2) is 42.7 Å². The zero-order valence-electron chi connectivity index (χ0n) is 12.1. The van der Waals surface area contributed by atoms with Crippen LogP contribution in [0.1, 0.15) is 18.4 Å². The minimum absolute atomic E-state index is 0.254. The van der Waals surface area contributed by atoms with Crippen molar-refractivity contribution in [2.45, 2.75) is 37.1 Å². The molecular formula is C14H15F5N4. The highest BCUT2D eigenvalue weighted by molar-refractivity contribution is 5.76. The van der Waals surface area contributed by atoms with Crippen molar-refractivity contribution in [1.29, 1.82) is 0 Å². The average Bonchev–Trinajstić information content (AvgIpc) is 2.77. The van der Waals surface area contributed by atoms with Gasteiger partial charge in [0, 0.05) is 44.7 Å². The molecule has 126 valence electrons. The minimum atomic E-state index is -4.50. The number of piperazine rings is 1. The topological polar surface area (TPSA) is 31.4 Å². The van der Waals surface area contributed by atoms with Crippen molar-refractivity contribution < 1.29 is 22.0 Å². The highest BCUT2D eigenvalue weighted by Crippen LogP contribution is 2.49. The van der Waals surface area contributed by atoms with E-state index in [4.69, 9.17) is 0 Å². The maximum atomic E-state index is 13.3. The molecule has 1 saturated carbocycles. The molecule has 1 saturated heterocycles. The molecule has 0 radical (unpaired) electrons. The molecule has 9 heteroatoms. The van der Waals surface area contributed by atoms with E-state index in [1.54, 1.807) is 4.90 Å². The number of aromatic nitrogens is 1. The van der Waals surface area contributed by atoms with Crippen LogP contribution in [0.3, 0.4) is 0 Å². The molecule has 3 aliphatic rings. The van der Waals surface area contributed by atoms with Crippen molar-refractivity contribution in [2.24, 2.45) is 0 Å². The van der Waals surface area contributed by atoms with Gasteiger partial charge in [0.2, 0.25) is 0 Å². The number of nitrogens with zero attached hydrogens (tertiary/aromatic N) is 3. The molecule has 0 amide bonds. The summed E-state index contributed by atoms with van der Waals surface area (Å²) in [6, 6.07) is 0.584. The van der Waals surface area contributed by atoms with Crippen molar-refractivity contribution in [2.75, 3.05) is 29.4 Å². The Balaban J connectivity index is 1.74. The summed E-state index contributed by atoms with van der Waals surface area (Å²) >= 11 is 0. The Morgan fingerprint density at radius 3 is 2.65 bits per heavy atom. The Hall–Kier alpha value is -1.64. The largest absolute Gasteiger partial charge is 0.417 e. The van der Waals surface area contributed by atoms with E-state index in [1.165, 1.54) is 0 Å². The Bertz CT molecular complexity index is 624. The van der Waals surface area contributed by atoms with Gasteiger partial charge in [0.05, 0.1) is 11.3 Å². The average molecular weight is 334 g/mol. The van der Waals surface area contributed by atoms with Gasteiger partial charge in [-0.15, -0.1) is 0 Å². The molecular weight excluding hydrogens is 319 g/mol. The lowest BCUT2D eigenvalue weighted by Crippen LogP contribution is -2.62. The first kappa shape index (κ1) is 14.9. The predicted octanol–water partition coefficient (Wildman–Crippen LogP) is 2.45. The lowest BCUT2D eigenvalue weighted by atomic mass is 9.86. The zero-order valence-corrected chi connectivity index (χ0v) is 12.1. The van der Waals surface area contributed by atoms with Crippen LogP contribution in [0, 0.1) is 0 Å². The summed E-state index contributed by atoms with van der Waals surface area (Å²) in [5.41, 5.74) is -0.533. The van der Waals surface area contributed by atoms with Gasteiger partial charge in [-0.25, -0.2) is 13.8 Å². The van der Waals surface area contributed by atoms with Gasteiger partial charge in [-0.2, -0.15) is 13.2 Å². The third-order valence-corrected chi connectivity index (χ3v) is 4.72. The van der Waals surface area contributed by atoms with Crippen LogP contribution in [0.5, 0.6) is 0 Å². The number of rotatable bonds is 1. The van der Waals surface area contributed by atoms with Crippen LogP contribution in [0.15, 0.2) is 12.3 Å². The number of hydrogen-bond acceptors (Lipinski definition) is 4. The van der Waals surface area contributed by atoms with Crippen LogP contribution < -0.4 is 15.1 Å². The van der Waals surface area contributed by atoms with Gasteiger partial charge in [0.1, 0.15) is 6.17 Å². The summed E-state index contributed by atoms with van der Waals surface area (Å²) < 4.78 is 65.4. The fourth-order valence-electron chi connectivity index (χ4n) is 3.62. The molecule has 0 spiro atoms. The second kappa shape index (κ2) is 4.68. The van der Waals surface area contributed by atoms with Crippen LogP contribution in [0.2, 0.25) is 0 Å². The minimum Gasteiger partial charge on any atom is -0.343 e. The molecule has 1 atom stereocenters. The quantitative estimate of drug-likeness (QED) is 0.800. The van der Waals surface area contributed by atoms with Gasteiger partial charge < -0.3 is 15.1 Å². The second-order valence-corrected chi connectivity index (χ2v) is 6.27. The Labute approximate surface area is 129 Å². The lowest BCUT2D eigenvalue weighted by molar-refractivity contribution is -0.137. The fraction of sp³-hybridized carbons (Fsp3) is 0.643. The van der Waals surface area contributed by atoms with E-state index in [2.05, 4.69) is 10.3 Å². The number of fused-ring (bicyclic) bond motifs is 3. The van der Waals surface area contributed by atoms with Crippen LogP contribution in [0.4, 0.5) is 33.5 Å². The van der Waals surface area contributed by atoms with Gasteiger partial charge >= 0.3 is 6.18 Å². The predicted molar refractivity (Wildman–Crippen MR) is 73.7 cm³/mol. The Kier molecular flexibility index (Phi) is 3.04. The summed E-state index contributed by atoms with van der Waals surface area (Å²) in [4.78, 5) is 7.59. The van der Waals surface area contributed by atoms with E-state index in [1.807, 2.05) is 4.90 Å². The van der Waals surface area contributed by atoms with Crippen LogP contribution in [-0.2, 0) is 6.18 Å². The molecule has 1 aromatic heterocycles. The van der Waals surface area contributed by atoms with Gasteiger partial charge in [-0.3, -0.25) is 0 Å². The van der Waals surface area contributed by atoms with Crippen LogP contribution >= 0.6 is 0 Å². The summed E-state index contributed by atoms with van der Waals surface area (Å²) in [6.07, 6.45) is -4.59. The molecule has 1 aliphatic carbocycles. The summed E-state index contributed by atoms with van der Waals surface area (Å²) in [5, 5.41) is 3.17. The molecule has 4 rings (SSSR count). The standard InChI is InChI=1S/C14H15F5N4/c15-13(16)4-9(5-13)23-10-3-8(14(17,18)19)6-21-12(10)22-2-1-20-7-11(22)23/h3,6,9,11,20H,1-2,4-5,7H2. The third-order valence-electron chi connectivity index (χ3n) is 4.72. The number of alkyl halides is 5. The zero-order chi connectivity index (χ0) is 16.4. The highest BCUT2D eigenvalue weighted by atomic mass is 19.4. The van der Waals surface area contributed by atoms with Crippen LogP contribution in [0.25, 0.3) is 0 Å². The van der Waals surface area contributed by atoms with Crippen molar-refractivity contribution >= 4 is 11.5 Å². The molecule has 2 aliphatic heterocycles. The van der Waals surface area contributed by atoms with Crippen molar-refractivity contribution in [3.63, 3.8) is 0 Å². The van der Waals surface area contributed by atoms with E-state index in [0.717, 1.165) is 12.3 Å². The number of pyridine rings is 1. The lowest BCUT2D eigenvalue weighted by Gasteiger charge is -2.46. The van der Waals surface area contributed by atoms with E-state index in [0.29, 0.717) is 31.1 Å². The molecule has 1 N–H and O–H groups in total. The van der Waals surface area contributed by atoms with Gasteiger partial charge in [0.15, 0.2) is 5.82 Å². The van der Waals surface area contributed by atoms with E-state index in [-0.39, 0.29) is 19.0 Å². The summed E-state index contributed by atoms with van der Waals surface area (Å²) in [5.74, 6) is -2.27. The summed E-state index contributed by atoms with van der Waals surface area (Å²) in [6.45, 7) is 1.79. The van der Waals surface area contributed by atoms with E-state index >= 15 is 0 Å². The van der Waals surface area contributed by atoms with E-state index in [9.17, 15) is 22.0 Å². The smallest absolute Gasteiger partial charge is 0.343 e. The van der Waals surface area contributed by atoms with Gasteiger partial charge in [0.25, 0.3) is 5.92 Å². The van der Waals surface area contributed by atoms with E-state index < -0.39 is 23.7 Å². The first-order valence-electron chi connectivity index (χ1n) is 7.47. The maximum Gasteiger partial charge on any atom is 0.417 e. The first-order chi connectivity index (χ1) is 10.8. The molecule has 0 bridgehead atoms. The fourth-order valence-corrected chi connectivity index (χ4v) is 3.62. The highest BCUT2D eigenvalue weighted by Gasteiger charge is 2.53. The number of hydrogen-bond donors (Lipinski definition) is 1. The van der Waals surface area contributed by atoms with Crippen molar-refractivity contribution in [3.05, 3.63) is 17.8 Å². The molecule has 0 aromatic carbocycles. The number of nitrogens with one attached hydrogen (secondary N) is 1. The Morgan fingerprint density at radius 1 is 1.26 bits per heavy atom. The van der Waals surface area contributed by atoms with Gasteiger partial charge in [-0.05, 0) is 6.07 Å². The molecule has 2 fully saturated rings. The molecule has 23 heavy (non-hydrogen) atoms. The summed E-state index contributed by atoms with van der Waals surface area (Å²) in [7, 11) is 0. The van der Waals surface area contributed by atoms with Gasteiger partial charge in [-0.1, -0.05) is 0 Å².